The fraction of sp³-hybridized carbons (Fsp3) is 0.661. The van der Waals surface area contributed by atoms with Crippen LogP contribution in [0.2, 0.25) is 0 Å². The predicted octanol–water partition coefficient (Wildman–Crippen LogP) is 13.7. The molecule has 2 aromatic heterocycles. The van der Waals surface area contributed by atoms with Crippen LogP contribution in [0.1, 0.15) is 177 Å². The molecule has 0 aliphatic carbocycles. The standard InChI is InChI=1S/C26H37N3O2S.C21H31BN2O2S.C12H18F3NO5S/c1-17-8-10-21(29(16-17)24(30)31-25(2,3)4)18-9-11-22-20(14-18)27-23(32-22)19-12-13-28(7)26(5,6)15-19;1-19(2)13-14(10-11-24(19)7)18-23-16-12-15(8-9-17(16)27-18)22-25-20(3,4)21(5,6)26-22;1-8-5-6-9(21-22(18,19)12(13,14)15)16(7-8)10(17)20-11(2,3)4/h9-11,14,17,19H,8,12-13,15-16H2,1-7H3;8-9,12,14H,10-11,13H2,1-7H3;6,8H,5,7H2,1-4H3/t17-,19?;;8-/m0.0/s1. The van der Waals surface area contributed by atoms with Crippen LogP contribution in [0.4, 0.5) is 22.8 Å². The van der Waals surface area contributed by atoms with Crippen molar-refractivity contribution in [3.8, 4) is 0 Å². The van der Waals surface area contributed by atoms with Crippen molar-refractivity contribution in [3.05, 3.63) is 70.0 Å². The molecular formula is C59H86BF3N6O9S3. The quantitative estimate of drug-likeness (QED) is 0.102. The molecule has 5 aliphatic heterocycles. The van der Waals surface area contributed by atoms with Crippen LogP contribution in [0.25, 0.3) is 26.1 Å². The number of aromatic nitrogens is 2. The molecule has 9 rings (SSSR count). The molecule has 2 amide bonds. The van der Waals surface area contributed by atoms with Gasteiger partial charge >= 0.3 is 34.9 Å². The Morgan fingerprint density at radius 3 is 1.59 bits per heavy atom. The number of hydrogen-bond acceptors (Lipinski definition) is 15. The summed E-state index contributed by atoms with van der Waals surface area (Å²) < 4.78 is 89.1. The van der Waals surface area contributed by atoms with E-state index in [0.29, 0.717) is 24.3 Å². The van der Waals surface area contributed by atoms with E-state index < -0.39 is 38.8 Å². The van der Waals surface area contributed by atoms with Gasteiger partial charge in [0.05, 0.1) is 47.3 Å². The van der Waals surface area contributed by atoms with E-state index in [9.17, 15) is 31.2 Å². The van der Waals surface area contributed by atoms with E-state index in [4.69, 9.17) is 28.8 Å². The maximum Gasteiger partial charge on any atom is 0.534 e. The molecule has 22 heteroatoms. The van der Waals surface area contributed by atoms with Gasteiger partial charge in [0.1, 0.15) is 11.2 Å². The number of hydrogen-bond donors (Lipinski definition) is 0. The minimum atomic E-state index is -5.84. The van der Waals surface area contributed by atoms with Crippen LogP contribution in [0.5, 0.6) is 0 Å². The van der Waals surface area contributed by atoms with Crippen molar-refractivity contribution in [1.29, 1.82) is 0 Å². The van der Waals surface area contributed by atoms with Crippen LogP contribution < -0.4 is 5.46 Å². The first-order chi connectivity index (χ1) is 37.1. The number of benzene rings is 2. The smallest absolute Gasteiger partial charge is 0.443 e. The van der Waals surface area contributed by atoms with Crippen LogP contribution in [-0.2, 0) is 33.1 Å². The lowest BCUT2D eigenvalue weighted by atomic mass is 9.79. The Morgan fingerprint density at radius 1 is 0.679 bits per heavy atom. The topological polar surface area (TPSA) is 153 Å². The highest BCUT2D eigenvalue weighted by atomic mass is 32.2. The molecular weight excluding hydrogens is 1100 g/mol. The second-order valence-electron chi connectivity index (χ2n) is 26.9. The molecule has 0 saturated carbocycles. The van der Waals surface area contributed by atoms with Crippen LogP contribution in [-0.4, -0.2) is 137 Å². The largest absolute Gasteiger partial charge is 0.534 e. The summed E-state index contributed by atoms with van der Waals surface area (Å²) in [5.41, 5.74) is -2.05. The van der Waals surface area contributed by atoms with Gasteiger partial charge in [-0.3, -0.25) is 4.90 Å². The average Bonchev–Trinajstić information content (AvgIpc) is 4.18. The number of allylic oxidation sites excluding steroid dienone is 2. The highest BCUT2D eigenvalue weighted by Gasteiger charge is 2.52. The number of rotatable bonds is 6. The molecule has 5 aliphatic rings. The zero-order chi connectivity index (χ0) is 60.2. The maximum atomic E-state index is 12.9. The molecule has 7 heterocycles. The molecule has 4 aromatic rings. The lowest BCUT2D eigenvalue weighted by Crippen LogP contribution is -2.46. The van der Waals surface area contributed by atoms with E-state index in [0.717, 1.165) is 77.5 Å². The summed E-state index contributed by atoms with van der Waals surface area (Å²) in [6.45, 7) is 35.0. The number of fused-ring (bicyclic) bond motifs is 2. The Labute approximate surface area is 487 Å². The van der Waals surface area contributed by atoms with Gasteiger partial charge in [0, 0.05) is 41.6 Å². The van der Waals surface area contributed by atoms with Crippen LogP contribution in [0, 0.1) is 11.8 Å². The van der Waals surface area contributed by atoms with Gasteiger partial charge in [-0.05, 0) is 210 Å². The third-order valence-corrected chi connectivity index (χ3v) is 19.6. The summed E-state index contributed by atoms with van der Waals surface area (Å²) in [7, 11) is -1.72. The first-order valence-corrected chi connectivity index (χ1v) is 31.2. The number of likely N-dealkylation sites (tertiary alicyclic amines) is 2. The number of amides is 2. The van der Waals surface area contributed by atoms with Crippen molar-refractivity contribution < 1.29 is 54.1 Å². The lowest BCUT2D eigenvalue weighted by Gasteiger charge is -2.43. The third-order valence-electron chi connectivity index (χ3n) is 16.2. The van der Waals surface area contributed by atoms with Crippen molar-refractivity contribution in [3.63, 3.8) is 0 Å². The molecule has 81 heavy (non-hydrogen) atoms. The zero-order valence-corrected chi connectivity index (χ0v) is 53.2. The normalized spacial score (nSPS) is 24.3. The maximum absolute atomic E-state index is 12.9. The van der Waals surface area contributed by atoms with Gasteiger partial charge < -0.3 is 32.8 Å². The summed E-state index contributed by atoms with van der Waals surface area (Å²) in [6.07, 6.45) is 7.92. The van der Waals surface area contributed by atoms with Crippen molar-refractivity contribution >= 4 is 83.7 Å². The summed E-state index contributed by atoms with van der Waals surface area (Å²) in [5, 5.41) is 2.52. The van der Waals surface area contributed by atoms with E-state index in [-0.39, 0.29) is 54.4 Å². The number of ether oxygens (including phenoxy) is 2. The Hall–Kier alpha value is -4.32. The molecule has 0 bridgehead atoms. The number of piperidine rings is 2. The molecule has 3 fully saturated rings. The number of alkyl halides is 3. The lowest BCUT2D eigenvalue weighted by molar-refractivity contribution is -0.0546. The zero-order valence-electron chi connectivity index (χ0n) is 50.8. The van der Waals surface area contributed by atoms with E-state index in [1.54, 1.807) is 32.6 Å². The number of thiazole rings is 2. The Kier molecular flexibility index (Phi) is 18.7. The van der Waals surface area contributed by atoms with Gasteiger partial charge in [-0.2, -0.15) is 21.6 Å². The number of halogens is 3. The molecule has 0 N–H and O–H groups in total. The molecule has 448 valence electrons. The molecule has 15 nitrogen and oxygen atoms in total. The molecule has 3 saturated heterocycles. The average molecular weight is 1190 g/mol. The first-order valence-electron chi connectivity index (χ1n) is 28.2. The summed E-state index contributed by atoms with van der Waals surface area (Å²) in [5.74, 6) is 0.704. The monoisotopic (exact) mass is 1190 g/mol. The van der Waals surface area contributed by atoms with Gasteiger partial charge in [0.25, 0.3) is 0 Å². The molecule has 2 unspecified atom stereocenters. The predicted molar refractivity (Wildman–Crippen MR) is 318 cm³/mol. The third kappa shape index (κ3) is 15.5. The number of nitrogens with zero attached hydrogens (tertiary/aromatic N) is 6. The van der Waals surface area contributed by atoms with Crippen molar-refractivity contribution in [1.82, 2.24) is 29.6 Å². The van der Waals surface area contributed by atoms with Gasteiger partial charge in [0.2, 0.25) is 5.88 Å². The van der Waals surface area contributed by atoms with Crippen LogP contribution in [0.3, 0.4) is 0 Å². The Balaban J connectivity index is 0.000000179. The molecule has 0 spiro atoms. The van der Waals surface area contributed by atoms with Gasteiger partial charge in [-0.15, -0.1) is 22.7 Å². The summed E-state index contributed by atoms with van der Waals surface area (Å²) in [4.78, 5) is 42.5. The van der Waals surface area contributed by atoms with Crippen LogP contribution in [0.15, 0.2) is 54.4 Å². The van der Waals surface area contributed by atoms with E-state index in [2.05, 4.69) is 133 Å². The van der Waals surface area contributed by atoms with E-state index in [1.807, 2.05) is 43.4 Å². The minimum absolute atomic E-state index is 0.00583. The van der Waals surface area contributed by atoms with Crippen molar-refractivity contribution in [2.45, 2.75) is 200 Å². The second kappa shape index (κ2) is 23.6. The second-order valence-corrected chi connectivity index (χ2v) is 30.6. The van der Waals surface area contributed by atoms with Gasteiger partial charge in [-0.1, -0.05) is 32.1 Å². The first kappa shape index (κ1) is 64.3. The van der Waals surface area contributed by atoms with Gasteiger partial charge in [-0.25, -0.2) is 24.5 Å². The van der Waals surface area contributed by atoms with E-state index >= 15 is 0 Å². The van der Waals surface area contributed by atoms with Crippen molar-refractivity contribution in [2.75, 3.05) is 40.3 Å². The number of carbonyl (C=O) groups is 2. The minimum Gasteiger partial charge on any atom is -0.443 e. The SMILES string of the molecule is CN1CCC(c2nc3cc(B4OC(C)(C)C(C)(C)O4)ccc3s2)CC1(C)C.C[C@H]1CC=C(OS(=O)(=O)C(F)(F)F)N(C(=O)OC(C)(C)C)C1.C[C@H]1CC=C(c2ccc3sc(C4CCN(C)C(C)(C)C4)nc3c2)N(C(=O)OC(C)(C)C)C1. The molecule has 4 atom stereocenters. The van der Waals surface area contributed by atoms with E-state index in [1.165, 1.54) is 25.8 Å². The fourth-order valence-electron chi connectivity index (χ4n) is 10.3. The summed E-state index contributed by atoms with van der Waals surface area (Å²) >= 11 is 3.67. The van der Waals surface area contributed by atoms with Crippen LogP contribution >= 0.6 is 22.7 Å². The molecule has 0 radical (unpaired) electrons. The van der Waals surface area contributed by atoms with Gasteiger partial charge in [0.15, 0.2) is 0 Å². The highest BCUT2D eigenvalue weighted by Crippen LogP contribution is 2.43. The molecule has 2 aromatic carbocycles. The Bertz CT molecular complexity index is 3090. The Morgan fingerprint density at radius 2 is 1.12 bits per heavy atom. The highest BCUT2D eigenvalue weighted by molar-refractivity contribution is 7.87. The van der Waals surface area contributed by atoms with Crippen molar-refractivity contribution in [2.24, 2.45) is 11.8 Å². The number of carbonyl (C=O) groups excluding carboxylic acids is 2. The summed E-state index contributed by atoms with van der Waals surface area (Å²) in [6, 6.07) is 12.9. The fourth-order valence-corrected chi connectivity index (χ4v) is 12.9.